The van der Waals surface area contributed by atoms with Crippen molar-refractivity contribution in [3.05, 3.63) is 42.1 Å². The zero-order valence-electron chi connectivity index (χ0n) is 12.0. The van der Waals surface area contributed by atoms with Crippen molar-refractivity contribution in [2.45, 2.75) is 6.54 Å². The summed E-state index contributed by atoms with van der Waals surface area (Å²) in [7, 11) is 1.59. The number of hydrogen-bond donors (Lipinski definition) is 2. The van der Waals surface area contributed by atoms with Crippen LogP contribution in [0.15, 0.2) is 36.5 Å². The molecule has 1 heterocycles. The quantitative estimate of drug-likeness (QED) is 0.719. The topological polar surface area (TPSA) is 76.2 Å². The van der Waals surface area contributed by atoms with Gasteiger partial charge in [-0.25, -0.2) is 0 Å². The monoisotopic (exact) mass is 289 g/mol. The third-order valence-electron chi connectivity index (χ3n) is 2.92. The highest BCUT2D eigenvalue weighted by atomic mass is 16.5. The van der Waals surface area contributed by atoms with E-state index in [4.69, 9.17) is 9.47 Å². The van der Waals surface area contributed by atoms with Crippen LogP contribution in [0.5, 0.6) is 0 Å². The number of aromatic nitrogens is 2. The second-order valence-corrected chi connectivity index (χ2v) is 4.49. The molecule has 1 amide bonds. The van der Waals surface area contributed by atoms with Gasteiger partial charge in [0.1, 0.15) is 6.61 Å². The molecule has 6 nitrogen and oxygen atoms in total. The number of rotatable bonds is 8. The number of H-pyrrole nitrogens is 1. The Morgan fingerprint density at radius 2 is 2.05 bits per heavy atom. The molecular formula is C15H19N3O3. The maximum Gasteiger partial charge on any atom is 0.246 e. The van der Waals surface area contributed by atoms with E-state index in [1.807, 2.05) is 30.3 Å². The Bertz CT molecular complexity index is 538. The van der Waals surface area contributed by atoms with Gasteiger partial charge in [-0.1, -0.05) is 24.3 Å². The van der Waals surface area contributed by atoms with Gasteiger partial charge in [-0.2, -0.15) is 5.10 Å². The SMILES string of the molecule is COCCOCC(=O)NCc1ccc(-c2ccn[nH]2)cc1. The summed E-state index contributed by atoms with van der Waals surface area (Å²) in [5.74, 6) is -0.135. The third kappa shape index (κ3) is 5.02. The first kappa shape index (κ1) is 15.2. The number of methoxy groups -OCH3 is 1. The first-order valence-electron chi connectivity index (χ1n) is 6.71. The molecule has 6 heteroatoms. The maximum absolute atomic E-state index is 11.5. The molecule has 1 aromatic heterocycles. The fraction of sp³-hybridized carbons (Fsp3) is 0.333. The molecule has 0 bridgehead atoms. The number of nitrogens with zero attached hydrogens (tertiary/aromatic N) is 1. The summed E-state index contributed by atoms with van der Waals surface area (Å²) >= 11 is 0. The second-order valence-electron chi connectivity index (χ2n) is 4.49. The lowest BCUT2D eigenvalue weighted by atomic mass is 10.1. The number of amides is 1. The first-order chi connectivity index (χ1) is 10.3. The predicted molar refractivity (Wildman–Crippen MR) is 78.6 cm³/mol. The van der Waals surface area contributed by atoms with E-state index in [-0.39, 0.29) is 12.5 Å². The Kier molecular flexibility index (Phi) is 5.93. The smallest absolute Gasteiger partial charge is 0.246 e. The molecule has 0 saturated carbocycles. The van der Waals surface area contributed by atoms with Crippen molar-refractivity contribution in [1.82, 2.24) is 15.5 Å². The maximum atomic E-state index is 11.5. The molecule has 0 saturated heterocycles. The van der Waals surface area contributed by atoms with E-state index in [0.717, 1.165) is 16.8 Å². The number of carbonyl (C=O) groups is 1. The number of nitrogens with one attached hydrogen (secondary N) is 2. The minimum atomic E-state index is -0.135. The van der Waals surface area contributed by atoms with Crippen LogP contribution >= 0.6 is 0 Å². The minimum absolute atomic E-state index is 0.0512. The van der Waals surface area contributed by atoms with Crippen molar-refractivity contribution < 1.29 is 14.3 Å². The number of aromatic amines is 1. The van der Waals surface area contributed by atoms with Crippen molar-refractivity contribution in [3.8, 4) is 11.3 Å². The van der Waals surface area contributed by atoms with Gasteiger partial charge in [-0.3, -0.25) is 9.89 Å². The lowest BCUT2D eigenvalue weighted by Crippen LogP contribution is -2.27. The van der Waals surface area contributed by atoms with Gasteiger partial charge in [-0.05, 0) is 17.2 Å². The van der Waals surface area contributed by atoms with Crippen LogP contribution in [0, 0.1) is 0 Å². The van der Waals surface area contributed by atoms with Crippen LogP contribution in [-0.4, -0.2) is 43.0 Å². The fourth-order valence-electron chi connectivity index (χ4n) is 1.78. The molecule has 0 unspecified atom stereocenters. The van der Waals surface area contributed by atoms with E-state index >= 15 is 0 Å². The normalized spacial score (nSPS) is 10.5. The first-order valence-corrected chi connectivity index (χ1v) is 6.71. The lowest BCUT2D eigenvalue weighted by molar-refractivity contribution is -0.126. The van der Waals surface area contributed by atoms with Crippen LogP contribution in [-0.2, 0) is 20.8 Å². The summed E-state index contributed by atoms with van der Waals surface area (Å²) < 4.78 is 9.98. The molecule has 0 aliphatic carbocycles. The van der Waals surface area contributed by atoms with Gasteiger partial charge in [0.05, 0.1) is 18.9 Å². The highest BCUT2D eigenvalue weighted by molar-refractivity contribution is 5.77. The van der Waals surface area contributed by atoms with Crippen LogP contribution in [0.4, 0.5) is 0 Å². The molecule has 1 aromatic carbocycles. The van der Waals surface area contributed by atoms with Crippen molar-refractivity contribution in [2.24, 2.45) is 0 Å². The molecular weight excluding hydrogens is 270 g/mol. The van der Waals surface area contributed by atoms with Crippen molar-refractivity contribution in [1.29, 1.82) is 0 Å². The summed E-state index contributed by atoms with van der Waals surface area (Å²) in [5, 5.41) is 9.63. The molecule has 0 radical (unpaired) electrons. The molecule has 2 aromatic rings. The average Bonchev–Trinajstić information content (AvgIpc) is 3.04. The summed E-state index contributed by atoms with van der Waals surface area (Å²) in [5.41, 5.74) is 3.06. The Hall–Kier alpha value is -2.18. The zero-order chi connectivity index (χ0) is 14.9. The molecule has 0 atom stereocenters. The summed E-state index contributed by atoms with van der Waals surface area (Å²) in [6.45, 7) is 1.44. The summed E-state index contributed by atoms with van der Waals surface area (Å²) in [6.07, 6.45) is 1.72. The van der Waals surface area contributed by atoms with Gasteiger partial charge in [0.15, 0.2) is 0 Å². The van der Waals surface area contributed by atoms with Crippen LogP contribution in [0.2, 0.25) is 0 Å². The highest BCUT2D eigenvalue weighted by Crippen LogP contribution is 2.16. The number of benzene rings is 1. The molecule has 112 valence electrons. The predicted octanol–water partition coefficient (Wildman–Crippen LogP) is 1.36. The average molecular weight is 289 g/mol. The number of ether oxygens (including phenoxy) is 2. The van der Waals surface area contributed by atoms with Crippen molar-refractivity contribution >= 4 is 5.91 Å². The summed E-state index contributed by atoms with van der Waals surface area (Å²) in [6, 6.07) is 9.84. The fourth-order valence-corrected chi connectivity index (χ4v) is 1.78. The van der Waals surface area contributed by atoms with Gasteiger partial charge in [0, 0.05) is 19.9 Å². The van der Waals surface area contributed by atoms with E-state index in [1.165, 1.54) is 0 Å². The van der Waals surface area contributed by atoms with Gasteiger partial charge in [0.25, 0.3) is 0 Å². The van der Waals surface area contributed by atoms with Crippen molar-refractivity contribution in [2.75, 3.05) is 26.9 Å². The van der Waals surface area contributed by atoms with Gasteiger partial charge >= 0.3 is 0 Å². The van der Waals surface area contributed by atoms with E-state index < -0.39 is 0 Å². The standard InChI is InChI=1S/C15H19N3O3/c1-20-8-9-21-11-15(19)16-10-12-2-4-13(5-3-12)14-6-7-17-18-14/h2-7H,8-11H2,1H3,(H,16,19)(H,17,18). The van der Waals surface area contributed by atoms with Crippen LogP contribution in [0.3, 0.4) is 0 Å². The molecule has 0 aliphatic heterocycles. The van der Waals surface area contributed by atoms with Crippen LogP contribution < -0.4 is 5.32 Å². The molecule has 2 rings (SSSR count). The van der Waals surface area contributed by atoms with Crippen LogP contribution in [0.1, 0.15) is 5.56 Å². The molecule has 21 heavy (non-hydrogen) atoms. The summed E-state index contributed by atoms with van der Waals surface area (Å²) in [4.78, 5) is 11.5. The zero-order valence-corrected chi connectivity index (χ0v) is 12.0. The third-order valence-corrected chi connectivity index (χ3v) is 2.92. The van der Waals surface area contributed by atoms with Gasteiger partial charge in [0.2, 0.25) is 5.91 Å². The lowest BCUT2D eigenvalue weighted by Gasteiger charge is -2.07. The van der Waals surface area contributed by atoms with E-state index in [2.05, 4.69) is 15.5 Å². The Morgan fingerprint density at radius 3 is 2.71 bits per heavy atom. The molecule has 0 fully saturated rings. The Labute approximate surface area is 123 Å². The minimum Gasteiger partial charge on any atom is -0.382 e. The second kappa shape index (κ2) is 8.18. The molecule has 0 aliphatic rings. The number of carbonyl (C=O) groups excluding carboxylic acids is 1. The molecule has 0 spiro atoms. The number of hydrogen-bond acceptors (Lipinski definition) is 4. The van der Waals surface area contributed by atoms with Gasteiger partial charge < -0.3 is 14.8 Å². The molecule has 2 N–H and O–H groups in total. The Morgan fingerprint density at radius 1 is 1.24 bits per heavy atom. The Balaban J connectivity index is 1.75. The van der Waals surface area contributed by atoms with E-state index in [9.17, 15) is 4.79 Å². The van der Waals surface area contributed by atoms with E-state index in [0.29, 0.717) is 19.8 Å². The largest absolute Gasteiger partial charge is 0.382 e. The van der Waals surface area contributed by atoms with E-state index in [1.54, 1.807) is 13.3 Å². The highest BCUT2D eigenvalue weighted by Gasteiger charge is 2.02. The van der Waals surface area contributed by atoms with Crippen molar-refractivity contribution in [3.63, 3.8) is 0 Å². The van der Waals surface area contributed by atoms with Gasteiger partial charge in [-0.15, -0.1) is 0 Å². The van der Waals surface area contributed by atoms with Crippen LogP contribution in [0.25, 0.3) is 11.3 Å².